The van der Waals surface area contributed by atoms with Crippen LogP contribution in [0.3, 0.4) is 0 Å². The molecule has 0 aromatic heterocycles. The number of benzene rings is 2. The van der Waals surface area contributed by atoms with E-state index in [1.807, 2.05) is 72.2 Å². The third-order valence-corrected chi connectivity index (χ3v) is 2.94. The lowest BCUT2D eigenvalue weighted by Crippen LogP contribution is -2.35. The van der Waals surface area contributed by atoms with E-state index >= 15 is 0 Å². The molecule has 0 saturated heterocycles. The number of anilines is 1. The molecule has 0 heterocycles. The van der Waals surface area contributed by atoms with Crippen LogP contribution in [0.5, 0.6) is 0 Å². The van der Waals surface area contributed by atoms with Crippen LogP contribution < -0.4 is 11.1 Å². The molecule has 1 atom stereocenters. The third kappa shape index (κ3) is 4.28. The number of nitrogens with two attached hydrogens (primary N) is 1. The van der Waals surface area contributed by atoms with Gasteiger partial charge in [0.15, 0.2) is 0 Å². The molecule has 5 heteroatoms. The van der Waals surface area contributed by atoms with Crippen LogP contribution in [0.25, 0.3) is 0 Å². The average Bonchev–Trinajstić information content (AvgIpc) is 2.40. The summed E-state index contributed by atoms with van der Waals surface area (Å²) in [6, 6.07) is 19.8. The van der Waals surface area contributed by atoms with Gasteiger partial charge in [0.05, 0.1) is 5.69 Å². The maximum absolute atomic E-state index is 6.17. The number of rotatable bonds is 3. The van der Waals surface area contributed by atoms with Crippen molar-refractivity contribution in [3.05, 3.63) is 60.7 Å². The number of halogens is 1. The highest BCUT2D eigenvalue weighted by Crippen LogP contribution is 2.16. The zero-order chi connectivity index (χ0) is 13.7. The van der Waals surface area contributed by atoms with Crippen LogP contribution in [0.15, 0.2) is 60.7 Å². The molecule has 106 valence electrons. The molecule has 3 N–H and O–H groups in total. The molecule has 0 fully saturated rings. The summed E-state index contributed by atoms with van der Waals surface area (Å²) < 4.78 is 1.94. The number of nitrogens with zero attached hydrogens (tertiary/aromatic N) is 1. The molecule has 0 radical (unpaired) electrons. The van der Waals surface area contributed by atoms with Crippen LogP contribution in [0.1, 0.15) is 6.92 Å². The smallest absolute Gasteiger partial charge is 0.290 e. The van der Waals surface area contributed by atoms with Crippen LogP contribution >= 0.6 is 29.6 Å². The molecular weight excluding hydrogens is 334 g/mol. The molecule has 2 rings (SSSR count). The Morgan fingerprint density at radius 2 is 1.55 bits per heavy atom. The molecule has 0 aliphatic rings. The Morgan fingerprint density at radius 1 is 1.05 bits per heavy atom. The van der Waals surface area contributed by atoms with Gasteiger partial charge in [-0.05, 0) is 31.2 Å². The van der Waals surface area contributed by atoms with E-state index in [4.69, 9.17) is 5.73 Å². The highest BCUT2D eigenvalue weighted by Gasteiger charge is 2.15. The summed E-state index contributed by atoms with van der Waals surface area (Å²) in [4.78, 5) is 0. The Morgan fingerprint density at radius 3 is 2.05 bits per heavy atom. The van der Waals surface area contributed by atoms with E-state index in [0.29, 0.717) is 5.96 Å². The van der Waals surface area contributed by atoms with E-state index in [2.05, 4.69) is 17.9 Å². The minimum absolute atomic E-state index is 0. The predicted octanol–water partition coefficient (Wildman–Crippen LogP) is 3.61. The van der Waals surface area contributed by atoms with E-state index in [-0.39, 0.29) is 22.4 Å². The minimum Gasteiger partial charge on any atom is -0.290 e. The molecule has 0 amide bonds. The monoisotopic (exact) mass is 352 g/mol. The maximum atomic E-state index is 6.17. The molecule has 2 aromatic carbocycles. The zero-order valence-electron chi connectivity index (χ0n) is 11.2. The Balaban J connectivity index is 0.00000200. The van der Waals surface area contributed by atoms with Gasteiger partial charge in [0.1, 0.15) is 11.1 Å². The number of guanidine groups is 1. The quantitative estimate of drug-likeness (QED) is 0.259. The first-order valence-corrected chi connectivity index (χ1v) is 6.67. The van der Waals surface area contributed by atoms with Crippen molar-refractivity contribution >= 4 is 46.9 Å². The maximum Gasteiger partial charge on any atom is 0.354 e. The van der Waals surface area contributed by atoms with Gasteiger partial charge in [-0.25, -0.2) is 9.89 Å². The fraction of sp³-hybridized carbons (Fsp3) is 0.133. The Kier molecular flexibility index (Phi) is 6.61. The standard InChI is InChI=1S/C15H17N3S.BrH/c1-12(19)18(14-10-6-3-7-11-14)15(16)17-13-8-4-2-5-9-13;/h2-12H,1H3,(H3,16,17,19);1H/p+1. The van der Waals surface area contributed by atoms with Crippen LogP contribution in [-0.4, -0.2) is 15.9 Å². The van der Waals surface area contributed by atoms with E-state index in [9.17, 15) is 0 Å². The van der Waals surface area contributed by atoms with Crippen molar-refractivity contribution in [3.63, 3.8) is 0 Å². The molecule has 0 aliphatic carbocycles. The van der Waals surface area contributed by atoms with Gasteiger partial charge in [-0.15, -0.1) is 29.6 Å². The van der Waals surface area contributed by atoms with Crippen molar-refractivity contribution in [1.82, 2.24) is 0 Å². The van der Waals surface area contributed by atoms with Gasteiger partial charge >= 0.3 is 5.96 Å². The topological polar surface area (TPSA) is 41.1 Å². The first-order valence-electron chi connectivity index (χ1n) is 6.15. The summed E-state index contributed by atoms with van der Waals surface area (Å²) in [6.45, 7) is 1.98. The summed E-state index contributed by atoms with van der Waals surface area (Å²) in [7, 11) is 0. The summed E-state index contributed by atoms with van der Waals surface area (Å²) in [5.41, 5.74) is 8.12. The Labute approximate surface area is 135 Å². The van der Waals surface area contributed by atoms with Gasteiger partial charge in [0.25, 0.3) is 0 Å². The molecule has 2 aromatic rings. The van der Waals surface area contributed by atoms with Crippen LogP contribution in [-0.2, 0) is 0 Å². The van der Waals surface area contributed by atoms with Crippen molar-refractivity contribution in [2.75, 3.05) is 5.32 Å². The van der Waals surface area contributed by atoms with Gasteiger partial charge < -0.3 is 0 Å². The van der Waals surface area contributed by atoms with Crippen LogP contribution in [0.2, 0.25) is 0 Å². The van der Waals surface area contributed by atoms with E-state index in [1.54, 1.807) is 0 Å². The van der Waals surface area contributed by atoms with Crippen molar-refractivity contribution in [2.24, 2.45) is 5.73 Å². The van der Waals surface area contributed by atoms with Crippen molar-refractivity contribution in [1.29, 1.82) is 0 Å². The van der Waals surface area contributed by atoms with E-state index in [1.165, 1.54) is 0 Å². The largest absolute Gasteiger partial charge is 0.354 e. The fourth-order valence-electron chi connectivity index (χ4n) is 1.87. The summed E-state index contributed by atoms with van der Waals surface area (Å²) in [6.07, 6.45) is 0. The highest BCUT2D eigenvalue weighted by molar-refractivity contribution is 8.93. The van der Waals surface area contributed by atoms with Gasteiger partial charge in [0.2, 0.25) is 0 Å². The molecule has 3 nitrogen and oxygen atoms in total. The second-order valence-corrected chi connectivity index (χ2v) is 4.96. The molecule has 0 saturated carbocycles. The van der Waals surface area contributed by atoms with E-state index < -0.39 is 0 Å². The Hall–Kier alpha value is -1.46. The zero-order valence-corrected chi connectivity index (χ0v) is 13.8. The predicted molar refractivity (Wildman–Crippen MR) is 94.4 cm³/mol. The van der Waals surface area contributed by atoms with Crippen LogP contribution in [0, 0.1) is 0 Å². The van der Waals surface area contributed by atoms with Gasteiger partial charge in [0, 0.05) is 0 Å². The highest BCUT2D eigenvalue weighted by atomic mass is 79.9. The SMILES string of the molecule is Br.CC(S)/[N+](=C(\N)Nc1ccccc1)c1ccccc1. The van der Waals surface area contributed by atoms with Crippen molar-refractivity contribution < 1.29 is 4.58 Å². The van der Waals surface area contributed by atoms with Crippen molar-refractivity contribution in [3.8, 4) is 0 Å². The van der Waals surface area contributed by atoms with E-state index in [0.717, 1.165) is 11.4 Å². The second kappa shape index (κ2) is 7.97. The number of hydrogen-bond donors (Lipinski definition) is 3. The molecule has 20 heavy (non-hydrogen) atoms. The first kappa shape index (κ1) is 16.6. The van der Waals surface area contributed by atoms with Gasteiger partial charge in [-0.3, -0.25) is 5.73 Å². The summed E-state index contributed by atoms with van der Waals surface area (Å²) in [5.74, 6) is 0.555. The lowest BCUT2D eigenvalue weighted by atomic mass is 10.3. The molecule has 0 bridgehead atoms. The lowest BCUT2D eigenvalue weighted by Gasteiger charge is -2.14. The first-order chi connectivity index (χ1) is 9.18. The number of hydrogen-bond acceptors (Lipinski definition) is 1. The lowest BCUT2D eigenvalue weighted by molar-refractivity contribution is -0.452. The number of nitrogens with one attached hydrogen (secondary N) is 1. The normalized spacial score (nSPS) is 12.9. The summed E-state index contributed by atoms with van der Waals surface area (Å²) in [5, 5.41) is 3.16. The Bertz CT molecular complexity index is 556. The molecular formula is C15H19BrN3S+. The number of para-hydroxylation sites is 2. The average molecular weight is 353 g/mol. The third-order valence-electron chi connectivity index (χ3n) is 2.71. The molecule has 0 aliphatic heterocycles. The second-order valence-electron chi connectivity index (χ2n) is 4.21. The fourth-order valence-corrected chi connectivity index (χ4v) is 2.13. The number of thiol groups is 1. The molecule has 1 unspecified atom stereocenters. The molecule has 0 spiro atoms. The van der Waals surface area contributed by atoms with Crippen LogP contribution in [0.4, 0.5) is 11.4 Å². The minimum atomic E-state index is -0.0291. The summed E-state index contributed by atoms with van der Waals surface area (Å²) >= 11 is 4.50. The van der Waals surface area contributed by atoms with Crippen molar-refractivity contribution in [2.45, 2.75) is 12.3 Å². The van der Waals surface area contributed by atoms with Gasteiger partial charge in [-0.1, -0.05) is 36.4 Å². The van der Waals surface area contributed by atoms with Gasteiger partial charge in [-0.2, -0.15) is 0 Å².